The number of carbonyl (C=O) groups is 1. The molecule has 136 valence electrons. The summed E-state index contributed by atoms with van der Waals surface area (Å²) >= 11 is 1.68. The van der Waals surface area contributed by atoms with Crippen molar-refractivity contribution in [3.05, 3.63) is 59.7 Å². The average Bonchev–Trinajstić information content (AvgIpc) is 3.23. The highest BCUT2D eigenvalue weighted by Gasteiger charge is 2.10. The number of ketones is 1. The molecule has 1 aliphatic heterocycles. The summed E-state index contributed by atoms with van der Waals surface area (Å²) in [4.78, 5) is 17.6. The Kier molecular flexibility index (Phi) is 6.72. The van der Waals surface area contributed by atoms with Crippen molar-refractivity contribution >= 4 is 23.4 Å². The Morgan fingerprint density at radius 1 is 1.12 bits per heavy atom. The van der Waals surface area contributed by atoms with Gasteiger partial charge in [0.05, 0.1) is 13.2 Å². The van der Waals surface area contributed by atoms with Gasteiger partial charge >= 0.3 is 0 Å². The minimum Gasteiger partial charge on any atom is -0.494 e. The van der Waals surface area contributed by atoms with Gasteiger partial charge in [-0.25, -0.2) is 4.99 Å². The van der Waals surface area contributed by atoms with Crippen LogP contribution in [0.2, 0.25) is 0 Å². The van der Waals surface area contributed by atoms with Crippen molar-refractivity contribution in [1.82, 2.24) is 0 Å². The molecule has 0 spiro atoms. The topological polar surface area (TPSA) is 47.9 Å². The third kappa shape index (κ3) is 5.11. The quantitative estimate of drug-likeness (QED) is 0.368. The summed E-state index contributed by atoms with van der Waals surface area (Å²) in [6.07, 6.45) is 4.26. The molecule has 0 saturated heterocycles. The molecule has 1 heterocycles. The van der Waals surface area contributed by atoms with Gasteiger partial charge in [-0.1, -0.05) is 12.1 Å². The lowest BCUT2D eigenvalue weighted by molar-refractivity contribution is 0.0977. The maximum atomic E-state index is 12.2. The predicted molar refractivity (Wildman–Crippen MR) is 106 cm³/mol. The highest BCUT2D eigenvalue weighted by molar-refractivity contribution is 7.98. The van der Waals surface area contributed by atoms with E-state index in [0.717, 1.165) is 36.3 Å². The van der Waals surface area contributed by atoms with Crippen LogP contribution in [0.4, 0.5) is 0 Å². The second-order valence-electron chi connectivity index (χ2n) is 6.02. The Labute approximate surface area is 158 Å². The summed E-state index contributed by atoms with van der Waals surface area (Å²) in [7, 11) is 0. The SMILES string of the molecule is CSc1ccc(C(=O)CCCCOc2ccc(C3=NCCO3)cc2)cc1. The number of hydrogen-bond acceptors (Lipinski definition) is 5. The molecule has 2 aromatic carbocycles. The van der Waals surface area contributed by atoms with Gasteiger partial charge in [0.2, 0.25) is 5.90 Å². The van der Waals surface area contributed by atoms with Crippen molar-refractivity contribution in [2.45, 2.75) is 24.2 Å². The number of rotatable bonds is 9. The number of thioether (sulfide) groups is 1. The second-order valence-corrected chi connectivity index (χ2v) is 6.90. The van der Waals surface area contributed by atoms with Crippen molar-refractivity contribution < 1.29 is 14.3 Å². The van der Waals surface area contributed by atoms with Crippen LogP contribution in [0.5, 0.6) is 5.75 Å². The zero-order valence-corrected chi connectivity index (χ0v) is 15.8. The molecule has 26 heavy (non-hydrogen) atoms. The van der Waals surface area contributed by atoms with Gasteiger partial charge in [0, 0.05) is 22.4 Å². The van der Waals surface area contributed by atoms with Crippen LogP contribution in [0.25, 0.3) is 0 Å². The first-order valence-electron chi connectivity index (χ1n) is 8.84. The van der Waals surface area contributed by atoms with Crippen molar-refractivity contribution in [3.63, 3.8) is 0 Å². The Morgan fingerprint density at radius 3 is 2.54 bits per heavy atom. The van der Waals surface area contributed by atoms with Gasteiger partial charge in [0.1, 0.15) is 12.4 Å². The molecule has 5 heteroatoms. The number of hydrogen-bond donors (Lipinski definition) is 0. The van der Waals surface area contributed by atoms with E-state index in [1.165, 1.54) is 4.90 Å². The summed E-state index contributed by atoms with van der Waals surface area (Å²) in [6.45, 7) is 2.00. The summed E-state index contributed by atoms with van der Waals surface area (Å²) < 4.78 is 11.2. The lowest BCUT2D eigenvalue weighted by Crippen LogP contribution is -2.03. The number of ether oxygens (including phenoxy) is 2. The van der Waals surface area contributed by atoms with Crippen LogP contribution in [0, 0.1) is 0 Å². The molecular formula is C21H23NO3S. The van der Waals surface area contributed by atoms with Crippen molar-refractivity contribution in [2.24, 2.45) is 4.99 Å². The van der Waals surface area contributed by atoms with E-state index in [0.29, 0.717) is 25.5 Å². The van der Waals surface area contributed by atoms with Gasteiger partial charge in [0.25, 0.3) is 0 Å². The zero-order valence-electron chi connectivity index (χ0n) is 14.9. The summed E-state index contributed by atoms with van der Waals surface area (Å²) in [5, 5.41) is 0. The molecule has 0 fully saturated rings. The number of Topliss-reactive ketones (excluding diaryl/α,β-unsaturated/α-hetero) is 1. The molecule has 0 aliphatic carbocycles. The third-order valence-corrected chi connectivity index (χ3v) is 4.91. The number of benzene rings is 2. The smallest absolute Gasteiger partial charge is 0.216 e. The van der Waals surface area contributed by atoms with Gasteiger partial charge in [0.15, 0.2) is 5.78 Å². The number of aliphatic imine (C=N–C) groups is 1. The summed E-state index contributed by atoms with van der Waals surface area (Å²) in [5.74, 6) is 1.73. The Hall–Kier alpha value is -2.27. The van der Waals surface area contributed by atoms with E-state index in [1.54, 1.807) is 11.8 Å². The van der Waals surface area contributed by atoms with E-state index in [4.69, 9.17) is 9.47 Å². The summed E-state index contributed by atoms with van der Waals surface area (Å²) in [5.41, 5.74) is 1.77. The molecule has 0 saturated carbocycles. The molecule has 2 aromatic rings. The molecule has 0 aromatic heterocycles. The van der Waals surface area contributed by atoms with Crippen LogP contribution in [0.15, 0.2) is 58.4 Å². The van der Waals surface area contributed by atoms with Crippen molar-refractivity contribution in [2.75, 3.05) is 26.0 Å². The fourth-order valence-electron chi connectivity index (χ4n) is 2.70. The van der Waals surface area contributed by atoms with Crippen LogP contribution in [0.1, 0.15) is 35.2 Å². The van der Waals surface area contributed by atoms with E-state index in [2.05, 4.69) is 4.99 Å². The molecule has 3 rings (SSSR count). The highest BCUT2D eigenvalue weighted by Crippen LogP contribution is 2.17. The Balaban J connectivity index is 1.36. The number of nitrogens with zero attached hydrogens (tertiary/aromatic N) is 1. The van der Waals surface area contributed by atoms with E-state index in [9.17, 15) is 4.79 Å². The zero-order chi connectivity index (χ0) is 18.2. The van der Waals surface area contributed by atoms with E-state index in [-0.39, 0.29) is 5.78 Å². The minimum absolute atomic E-state index is 0.194. The maximum Gasteiger partial charge on any atom is 0.216 e. The van der Waals surface area contributed by atoms with Crippen molar-refractivity contribution in [3.8, 4) is 5.75 Å². The average molecular weight is 369 g/mol. The standard InChI is InChI=1S/C21H23NO3S/c1-26-19-11-7-16(8-12-19)20(23)4-2-3-14-24-18-9-5-17(6-10-18)21-22-13-15-25-21/h5-12H,2-4,13-15H2,1H3. The molecule has 0 radical (unpaired) electrons. The monoisotopic (exact) mass is 369 g/mol. The van der Waals surface area contributed by atoms with Crippen LogP contribution in [0.3, 0.4) is 0 Å². The first-order valence-corrected chi connectivity index (χ1v) is 10.1. The molecule has 0 bridgehead atoms. The van der Waals surface area contributed by atoms with Crippen LogP contribution in [-0.2, 0) is 4.74 Å². The van der Waals surface area contributed by atoms with Crippen LogP contribution in [-0.4, -0.2) is 37.7 Å². The molecule has 0 atom stereocenters. The third-order valence-electron chi connectivity index (χ3n) is 4.17. The first kappa shape index (κ1) is 18.5. The van der Waals surface area contributed by atoms with Crippen LogP contribution >= 0.6 is 11.8 Å². The number of carbonyl (C=O) groups excluding carboxylic acids is 1. The van der Waals surface area contributed by atoms with Gasteiger partial charge in [-0.3, -0.25) is 4.79 Å². The molecule has 0 unspecified atom stereocenters. The summed E-state index contributed by atoms with van der Waals surface area (Å²) in [6, 6.07) is 15.6. The van der Waals surface area contributed by atoms with Crippen molar-refractivity contribution in [1.29, 1.82) is 0 Å². The predicted octanol–water partition coefficient (Wildman–Crippen LogP) is 4.62. The van der Waals surface area contributed by atoms with E-state index < -0.39 is 0 Å². The normalized spacial score (nSPS) is 13.2. The van der Waals surface area contributed by atoms with Gasteiger partial charge in [-0.05, 0) is 55.5 Å². The second kappa shape index (κ2) is 9.43. The van der Waals surface area contributed by atoms with Gasteiger partial charge in [-0.2, -0.15) is 0 Å². The largest absolute Gasteiger partial charge is 0.494 e. The van der Waals surface area contributed by atoms with Crippen LogP contribution < -0.4 is 4.74 Å². The van der Waals surface area contributed by atoms with E-state index in [1.807, 2.05) is 54.8 Å². The molecular weight excluding hydrogens is 346 g/mol. The Bertz CT molecular complexity index is 754. The number of unbranched alkanes of at least 4 members (excludes halogenated alkanes) is 1. The fourth-order valence-corrected chi connectivity index (χ4v) is 3.11. The first-order chi connectivity index (χ1) is 12.8. The Morgan fingerprint density at radius 2 is 1.88 bits per heavy atom. The van der Waals surface area contributed by atoms with Gasteiger partial charge in [-0.15, -0.1) is 11.8 Å². The highest BCUT2D eigenvalue weighted by atomic mass is 32.2. The lowest BCUT2D eigenvalue weighted by atomic mass is 10.1. The van der Waals surface area contributed by atoms with Gasteiger partial charge < -0.3 is 9.47 Å². The molecule has 0 amide bonds. The minimum atomic E-state index is 0.194. The fraction of sp³-hybridized carbons (Fsp3) is 0.333. The van der Waals surface area contributed by atoms with E-state index >= 15 is 0 Å². The molecule has 0 N–H and O–H groups in total. The lowest BCUT2D eigenvalue weighted by Gasteiger charge is -2.07. The molecule has 4 nitrogen and oxygen atoms in total. The maximum absolute atomic E-state index is 12.2. The molecule has 1 aliphatic rings.